The van der Waals surface area contributed by atoms with Gasteiger partial charge in [-0.05, 0) is 13.8 Å². The lowest BCUT2D eigenvalue weighted by Crippen LogP contribution is -2.14. The monoisotopic (exact) mass is 215 g/mol. The van der Waals surface area contributed by atoms with E-state index in [4.69, 9.17) is 5.73 Å². The lowest BCUT2D eigenvalue weighted by atomic mass is 10.3. The Morgan fingerprint density at radius 3 is 2.07 bits per heavy atom. The standard InChI is InChI=1S/C6H10O3.C4H7NO/c1-4-6(7)9-5(2)8-3;1-3(2)4(5)6/h4-5H,1H2,2-3H3;1H2,2H3,(H2,5,6). The summed E-state index contributed by atoms with van der Waals surface area (Å²) in [5.74, 6) is -0.903. The van der Waals surface area contributed by atoms with Crippen molar-refractivity contribution in [2.75, 3.05) is 7.11 Å². The molecule has 0 aliphatic heterocycles. The van der Waals surface area contributed by atoms with E-state index in [1.54, 1.807) is 13.8 Å². The Kier molecular flexibility index (Phi) is 9.45. The van der Waals surface area contributed by atoms with Crippen LogP contribution < -0.4 is 5.73 Å². The largest absolute Gasteiger partial charge is 0.433 e. The number of nitrogens with two attached hydrogens (primary N) is 1. The maximum absolute atomic E-state index is 10.4. The van der Waals surface area contributed by atoms with Crippen LogP contribution in [0.15, 0.2) is 24.8 Å². The van der Waals surface area contributed by atoms with Crippen molar-refractivity contribution < 1.29 is 19.1 Å². The van der Waals surface area contributed by atoms with Crippen LogP contribution in [0.4, 0.5) is 0 Å². The maximum Gasteiger partial charge on any atom is 0.332 e. The Morgan fingerprint density at radius 1 is 1.47 bits per heavy atom. The van der Waals surface area contributed by atoms with Crippen LogP contribution in [-0.2, 0) is 19.1 Å². The summed E-state index contributed by atoms with van der Waals surface area (Å²) >= 11 is 0. The molecule has 15 heavy (non-hydrogen) atoms. The van der Waals surface area contributed by atoms with Crippen molar-refractivity contribution in [3.63, 3.8) is 0 Å². The van der Waals surface area contributed by atoms with Crippen LogP contribution in [0.1, 0.15) is 13.8 Å². The molecule has 5 nitrogen and oxygen atoms in total. The van der Waals surface area contributed by atoms with E-state index in [1.165, 1.54) is 7.11 Å². The smallest absolute Gasteiger partial charge is 0.332 e. The summed E-state index contributed by atoms with van der Waals surface area (Å²) in [6.45, 7) is 9.70. The molecule has 1 unspecified atom stereocenters. The van der Waals surface area contributed by atoms with Crippen LogP contribution in [0, 0.1) is 0 Å². The Balaban J connectivity index is 0. The third-order valence-electron chi connectivity index (χ3n) is 1.20. The molecule has 0 aromatic carbocycles. The number of hydrogen-bond donors (Lipinski definition) is 1. The van der Waals surface area contributed by atoms with E-state index in [-0.39, 0.29) is 0 Å². The molecule has 1 amide bonds. The van der Waals surface area contributed by atoms with Gasteiger partial charge in [0.2, 0.25) is 5.91 Å². The summed E-state index contributed by atoms with van der Waals surface area (Å²) in [4.78, 5) is 20.2. The van der Waals surface area contributed by atoms with Gasteiger partial charge in [-0.3, -0.25) is 4.79 Å². The summed E-state index contributed by atoms with van der Waals surface area (Å²) in [5.41, 5.74) is 5.09. The fraction of sp³-hybridized carbons (Fsp3) is 0.400. The average molecular weight is 215 g/mol. The molecule has 5 heteroatoms. The van der Waals surface area contributed by atoms with Gasteiger partial charge in [0.25, 0.3) is 0 Å². The zero-order valence-electron chi connectivity index (χ0n) is 9.28. The molecular weight excluding hydrogens is 198 g/mol. The van der Waals surface area contributed by atoms with Gasteiger partial charge in [-0.2, -0.15) is 0 Å². The molecule has 0 radical (unpaired) electrons. The number of rotatable bonds is 4. The van der Waals surface area contributed by atoms with E-state index in [1.807, 2.05) is 0 Å². The van der Waals surface area contributed by atoms with Crippen molar-refractivity contribution in [2.45, 2.75) is 20.1 Å². The van der Waals surface area contributed by atoms with E-state index in [0.29, 0.717) is 5.57 Å². The van der Waals surface area contributed by atoms with Crippen molar-refractivity contribution in [3.8, 4) is 0 Å². The Hall–Kier alpha value is -1.62. The first-order chi connectivity index (χ1) is 6.84. The van der Waals surface area contributed by atoms with Gasteiger partial charge in [0.05, 0.1) is 0 Å². The van der Waals surface area contributed by atoms with E-state index >= 15 is 0 Å². The predicted octanol–water partition coefficient (Wildman–Crippen LogP) is 0.756. The molecular formula is C10H17NO4. The maximum atomic E-state index is 10.4. The molecule has 2 N–H and O–H groups in total. The molecule has 0 spiro atoms. The van der Waals surface area contributed by atoms with E-state index in [0.717, 1.165) is 6.08 Å². The number of ether oxygens (including phenoxy) is 2. The Morgan fingerprint density at radius 2 is 1.87 bits per heavy atom. The van der Waals surface area contributed by atoms with Crippen LogP contribution in [0.2, 0.25) is 0 Å². The molecule has 0 bridgehead atoms. The highest BCUT2D eigenvalue weighted by molar-refractivity contribution is 5.90. The molecule has 86 valence electrons. The molecule has 0 aromatic heterocycles. The average Bonchev–Trinajstić information content (AvgIpc) is 2.18. The van der Waals surface area contributed by atoms with Gasteiger partial charge < -0.3 is 15.2 Å². The lowest BCUT2D eigenvalue weighted by molar-refractivity contribution is -0.163. The van der Waals surface area contributed by atoms with Crippen LogP contribution in [0.25, 0.3) is 0 Å². The van der Waals surface area contributed by atoms with Crippen LogP contribution >= 0.6 is 0 Å². The van der Waals surface area contributed by atoms with Crippen molar-refractivity contribution in [1.82, 2.24) is 0 Å². The lowest BCUT2D eigenvalue weighted by Gasteiger charge is -2.07. The first-order valence-electron chi connectivity index (χ1n) is 4.16. The fourth-order valence-corrected chi connectivity index (χ4v) is 0.260. The summed E-state index contributed by atoms with van der Waals surface area (Å²) in [5, 5.41) is 0. The minimum atomic E-state index is -0.490. The molecule has 0 heterocycles. The summed E-state index contributed by atoms with van der Waals surface area (Å²) in [7, 11) is 1.46. The second-order valence-electron chi connectivity index (χ2n) is 2.59. The predicted molar refractivity (Wildman–Crippen MR) is 56.8 cm³/mol. The van der Waals surface area contributed by atoms with Crippen LogP contribution in [0.5, 0.6) is 0 Å². The van der Waals surface area contributed by atoms with Crippen molar-refractivity contribution in [2.24, 2.45) is 5.73 Å². The summed E-state index contributed by atoms with van der Waals surface area (Å²) in [6.07, 6.45) is 0.602. The normalized spacial score (nSPS) is 10.3. The quantitative estimate of drug-likeness (QED) is 0.426. The molecule has 0 saturated heterocycles. The second kappa shape index (κ2) is 8.96. The number of amides is 1. The SMILES string of the molecule is C=C(C)C(N)=O.C=CC(=O)OC(C)OC. The molecule has 0 saturated carbocycles. The first-order valence-corrected chi connectivity index (χ1v) is 4.16. The number of primary amides is 1. The number of methoxy groups -OCH3 is 1. The highest BCUT2D eigenvalue weighted by Gasteiger charge is 2.01. The third kappa shape index (κ3) is 12.4. The number of carbonyl (C=O) groups is 2. The summed E-state index contributed by atoms with van der Waals surface area (Å²) < 4.78 is 9.20. The molecule has 0 aliphatic rings. The Bertz CT molecular complexity index is 236. The second-order valence-corrected chi connectivity index (χ2v) is 2.59. The van der Waals surface area contributed by atoms with Gasteiger partial charge in [0.1, 0.15) is 0 Å². The molecule has 0 aliphatic carbocycles. The van der Waals surface area contributed by atoms with E-state index in [2.05, 4.69) is 22.6 Å². The summed E-state index contributed by atoms with van der Waals surface area (Å²) in [6, 6.07) is 0. The van der Waals surface area contributed by atoms with Gasteiger partial charge >= 0.3 is 5.97 Å². The number of carbonyl (C=O) groups excluding carboxylic acids is 2. The van der Waals surface area contributed by atoms with Crippen molar-refractivity contribution in [1.29, 1.82) is 0 Å². The number of esters is 1. The van der Waals surface area contributed by atoms with Crippen LogP contribution in [0.3, 0.4) is 0 Å². The Labute approximate surface area is 89.5 Å². The molecule has 0 fully saturated rings. The minimum absolute atomic E-state index is 0.398. The molecule has 0 rings (SSSR count). The third-order valence-corrected chi connectivity index (χ3v) is 1.20. The van der Waals surface area contributed by atoms with E-state index in [9.17, 15) is 9.59 Å². The van der Waals surface area contributed by atoms with Gasteiger partial charge in [0, 0.05) is 18.8 Å². The zero-order valence-corrected chi connectivity index (χ0v) is 9.28. The van der Waals surface area contributed by atoms with Gasteiger partial charge in [-0.1, -0.05) is 13.2 Å². The highest BCUT2D eigenvalue weighted by atomic mass is 16.7. The number of hydrogen-bond acceptors (Lipinski definition) is 4. The highest BCUT2D eigenvalue weighted by Crippen LogP contribution is 1.90. The topological polar surface area (TPSA) is 78.6 Å². The minimum Gasteiger partial charge on any atom is -0.433 e. The molecule has 0 aromatic rings. The van der Waals surface area contributed by atoms with Crippen molar-refractivity contribution in [3.05, 3.63) is 24.8 Å². The van der Waals surface area contributed by atoms with Gasteiger partial charge in [0.15, 0.2) is 6.29 Å². The first kappa shape index (κ1) is 15.8. The fourth-order valence-electron chi connectivity index (χ4n) is 0.260. The van der Waals surface area contributed by atoms with E-state index < -0.39 is 18.2 Å². The van der Waals surface area contributed by atoms with Gasteiger partial charge in [-0.25, -0.2) is 4.79 Å². The van der Waals surface area contributed by atoms with Crippen LogP contribution in [-0.4, -0.2) is 25.3 Å². The molecule has 1 atom stereocenters. The zero-order chi connectivity index (χ0) is 12.4. The van der Waals surface area contributed by atoms with Gasteiger partial charge in [-0.15, -0.1) is 0 Å². The van der Waals surface area contributed by atoms with Crippen molar-refractivity contribution >= 4 is 11.9 Å².